The zero-order chi connectivity index (χ0) is 9.10. The number of rotatable bonds is 2. The van der Waals surface area contributed by atoms with E-state index in [4.69, 9.17) is 0 Å². The Morgan fingerprint density at radius 1 is 1.31 bits per heavy atom. The van der Waals surface area contributed by atoms with E-state index in [0.717, 1.165) is 13.2 Å². The molecule has 0 spiro atoms. The summed E-state index contributed by atoms with van der Waals surface area (Å²) in [6, 6.07) is 10.5. The molecule has 0 unspecified atom stereocenters. The van der Waals surface area contributed by atoms with Crippen LogP contribution in [0.25, 0.3) is 5.70 Å². The molecule has 0 fully saturated rings. The van der Waals surface area contributed by atoms with Crippen LogP contribution in [0.5, 0.6) is 0 Å². The van der Waals surface area contributed by atoms with E-state index in [1.165, 1.54) is 11.3 Å². The van der Waals surface area contributed by atoms with E-state index in [1.54, 1.807) is 0 Å². The number of hydrogen-bond donors (Lipinski definition) is 1. The molecule has 1 aromatic rings. The van der Waals surface area contributed by atoms with E-state index in [2.05, 4.69) is 47.6 Å². The Morgan fingerprint density at radius 2 is 2.08 bits per heavy atom. The maximum atomic E-state index is 3.24. The van der Waals surface area contributed by atoms with Crippen LogP contribution in [0.1, 0.15) is 12.5 Å². The maximum absolute atomic E-state index is 3.24. The first-order chi connectivity index (χ1) is 6.42. The van der Waals surface area contributed by atoms with Crippen LogP contribution in [-0.4, -0.2) is 18.1 Å². The van der Waals surface area contributed by atoms with Gasteiger partial charge in [-0.25, -0.2) is 0 Å². The predicted octanol–water partition coefficient (Wildman–Crippen LogP) is 1.87. The summed E-state index contributed by atoms with van der Waals surface area (Å²) >= 11 is 0. The van der Waals surface area contributed by atoms with Crippen LogP contribution in [0.2, 0.25) is 0 Å². The van der Waals surface area contributed by atoms with E-state index >= 15 is 0 Å². The molecule has 68 valence electrons. The van der Waals surface area contributed by atoms with Crippen molar-refractivity contribution in [3.05, 3.63) is 42.1 Å². The molecule has 1 aliphatic rings. The molecule has 1 heterocycles. The third kappa shape index (κ3) is 1.52. The van der Waals surface area contributed by atoms with Crippen molar-refractivity contribution >= 4 is 5.70 Å². The second-order valence-electron chi connectivity index (χ2n) is 3.11. The second kappa shape index (κ2) is 3.52. The highest BCUT2D eigenvalue weighted by Crippen LogP contribution is 2.20. The molecule has 0 bridgehead atoms. The van der Waals surface area contributed by atoms with Crippen LogP contribution in [0, 0.1) is 0 Å². The summed E-state index contributed by atoms with van der Waals surface area (Å²) in [5.74, 6) is 0. The summed E-state index contributed by atoms with van der Waals surface area (Å²) < 4.78 is 0. The Balaban J connectivity index is 2.26. The SMILES string of the molecule is CCN1CNC=C1c1ccccc1. The first-order valence-electron chi connectivity index (χ1n) is 4.65. The minimum atomic E-state index is 0.931. The molecule has 1 aromatic carbocycles. The lowest BCUT2D eigenvalue weighted by atomic mass is 10.1. The molecular formula is C11H14N2. The Kier molecular flexibility index (Phi) is 2.21. The molecule has 1 N–H and O–H groups in total. The lowest BCUT2D eigenvalue weighted by Gasteiger charge is -2.18. The second-order valence-corrected chi connectivity index (χ2v) is 3.11. The average molecular weight is 174 g/mol. The van der Waals surface area contributed by atoms with Crippen molar-refractivity contribution in [1.29, 1.82) is 0 Å². The van der Waals surface area contributed by atoms with Crippen LogP contribution in [0.4, 0.5) is 0 Å². The standard InChI is InChI=1S/C11H14N2/c1-2-13-9-12-8-11(13)10-6-4-3-5-7-10/h3-8,12H,2,9H2,1H3. The number of hydrogen-bond acceptors (Lipinski definition) is 2. The molecule has 0 aliphatic carbocycles. The van der Waals surface area contributed by atoms with Crippen LogP contribution in [0.3, 0.4) is 0 Å². The lowest BCUT2D eigenvalue weighted by Crippen LogP contribution is -2.22. The molecule has 0 amide bonds. The molecule has 0 saturated heterocycles. The van der Waals surface area contributed by atoms with E-state index in [9.17, 15) is 0 Å². The van der Waals surface area contributed by atoms with Crippen molar-refractivity contribution in [2.75, 3.05) is 13.2 Å². The van der Waals surface area contributed by atoms with Gasteiger partial charge in [0.1, 0.15) is 0 Å². The molecular weight excluding hydrogens is 160 g/mol. The Labute approximate surface area is 78.9 Å². The van der Waals surface area contributed by atoms with Gasteiger partial charge in [-0.1, -0.05) is 30.3 Å². The minimum absolute atomic E-state index is 0.931. The lowest BCUT2D eigenvalue weighted by molar-refractivity contribution is 0.431. The van der Waals surface area contributed by atoms with Crippen molar-refractivity contribution in [1.82, 2.24) is 10.2 Å². The monoisotopic (exact) mass is 174 g/mol. The van der Waals surface area contributed by atoms with Crippen LogP contribution < -0.4 is 5.32 Å². The highest BCUT2D eigenvalue weighted by molar-refractivity contribution is 5.65. The summed E-state index contributed by atoms with van der Waals surface area (Å²) in [4.78, 5) is 2.31. The van der Waals surface area contributed by atoms with Crippen molar-refractivity contribution in [2.45, 2.75) is 6.92 Å². The molecule has 0 radical (unpaired) electrons. The fourth-order valence-corrected chi connectivity index (χ4v) is 1.59. The minimum Gasteiger partial charge on any atom is -0.372 e. The van der Waals surface area contributed by atoms with E-state index < -0.39 is 0 Å². The molecule has 0 saturated carbocycles. The highest BCUT2D eigenvalue weighted by atomic mass is 15.3. The van der Waals surface area contributed by atoms with E-state index in [-0.39, 0.29) is 0 Å². The van der Waals surface area contributed by atoms with Crippen molar-refractivity contribution in [2.24, 2.45) is 0 Å². The third-order valence-corrected chi connectivity index (χ3v) is 2.31. The first kappa shape index (κ1) is 8.17. The molecule has 13 heavy (non-hydrogen) atoms. The Morgan fingerprint density at radius 3 is 2.77 bits per heavy atom. The summed E-state index contributed by atoms with van der Waals surface area (Å²) in [5, 5.41) is 3.24. The van der Waals surface area contributed by atoms with Crippen LogP contribution >= 0.6 is 0 Å². The van der Waals surface area contributed by atoms with Crippen LogP contribution in [0.15, 0.2) is 36.5 Å². The van der Waals surface area contributed by atoms with Gasteiger partial charge in [-0.2, -0.15) is 0 Å². The van der Waals surface area contributed by atoms with Crippen molar-refractivity contribution in [3.63, 3.8) is 0 Å². The zero-order valence-electron chi connectivity index (χ0n) is 7.83. The fourth-order valence-electron chi connectivity index (χ4n) is 1.59. The Hall–Kier alpha value is -1.44. The third-order valence-electron chi connectivity index (χ3n) is 2.31. The first-order valence-corrected chi connectivity index (χ1v) is 4.65. The topological polar surface area (TPSA) is 15.3 Å². The highest BCUT2D eigenvalue weighted by Gasteiger charge is 2.13. The van der Waals surface area contributed by atoms with Crippen LogP contribution in [-0.2, 0) is 0 Å². The molecule has 2 nitrogen and oxygen atoms in total. The molecule has 2 rings (SSSR count). The van der Waals surface area contributed by atoms with Gasteiger partial charge in [-0.15, -0.1) is 0 Å². The number of benzene rings is 1. The predicted molar refractivity (Wildman–Crippen MR) is 54.8 cm³/mol. The quantitative estimate of drug-likeness (QED) is 0.736. The van der Waals surface area contributed by atoms with Crippen molar-refractivity contribution in [3.8, 4) is 0 Å². The van der Waals surface area contributed by atoms with Gasteiger partial charge in [0.05, 0.1) is 12.4 Å². The summed E-state index contributed by atoms with van der Waals surface area (Å²) in [6.07, 6.45) is 2.08. The van der Waals surface area contributed by atoms with Gasteiger partial charge >= 0.3 is 0 Å². The van der Waals surface area contributed by atoms with Gasteiger partial charge in [0.15, 0.2) is 0 Å². The molecule has 0 atom stereocenters. The number of nitrogens with one attached hydrogen (secondary N) is 1. The van der Waals surface area contributed by atoms with Gasteiger partial charge in [0, 0.05) is 12.7 Å². The summed E-state index contributed by atoms with van der Waals surface area (Å²) in [7, 11) is 0. The van der Waals surface area contributed by atoms with E-state index in [1.807, 2.05) is 6.07 Å². The van der Waals surface area contributed by atoms with Gasteiger partial charge < -0.3 is 10.2 Å². The van der Waals surface area contributed by atoms with Gasteiger partial charge in [0.2, 0.25) is 0 Å². The van der Waals surface area contributed by atoms with Gasteiger partial charge in [-0.05, 0) is 12.5 Å². The fraction of sp³-hybridized carbons (Fsp3) is 0.273. The van der Waals surface area contributed by atoms with Gasteiger partial charge in [-0.3, -0.25) is 0 Å². The van der Waals surface area contributed by atoms with E-state index in [0.29, 0.717) is 0 Å². The summed E-state index contributed by atoms with van der Waals surface area (Å²) in [5.41, 5.74) is 2.58. The van der Waals surface area contributed by atoms with Gasteiger partial charge in [0.25, 0.3) is 0 Å². The molecule has 1 aliphatic heterocycles. The maximum Gasteiger partial charge on any atom is 0.0872 e. The molecule has 2 heteroatoms. The largest absolute Gasteiger partial charge is 0.372 e. The zero-order valence-corrected chi connectivity index (χ0v) is 7.83. The van der Waals surface area contributed by atoms with Crippen molar-refractivity contribution < 1.29 is 0 Å². The number of nitrogens with zero attached hydrogens (tertiary/aromatic N) is 1. The summed E-state index contributed by atoms with van der Waals surface area (Å²) in [6.45, 7) is 4.15. The average Bonchev–Trinajstić information content (AvgIpc) is 2.67. The normalized spacial score (nSPS) is 15.5. The smallest absolute Gasteiger partial charge is 0.0872 e. The Bertz CT molecular complexity index is 303. The molecule has 0 aromatic heterocycles.